The van der Waals surface area contributed by atoms with Crippen LogP contribution in [0.1, 0.15) is 52.4 Å². The molecule has 0 rings (SSSR count). The number of aliphatic hydroxyl groups excluding tert-OH is 1. The summed E-state index contributed by atoms with van der Waals surface area (Å²) in [5.41, 5.74) is 0.426. The Kier molecular flexibility index (Phi) is 8.07. The fraction of sp³-hybridized carbons (Fsp3) is 1.00. The van der Waals surface area contributed by atoms with E-state index in [1.165, 1.54) is 25.7 Å². The summed E-state index contributed by atoms with van der Waals surface area (Å²) in [4.78, 5) is 0. The van der Waals surface area contributed by atoms with Gasteiger partial charge < -0.3 is 5.11 Å². The molecule has 0 spiro atoms. The van der Waals surface area contributed by atoms with Crippen molar-refractivity contribution in [2.75, 3.05) is 11.9 Å². The predicted molar refractivity (Wildman–Crippen MR) is 62.4 cm³/mol. The third-order valence-electron chi connectivity index (χ3n) is 2.50. The van der Waals surface area contributed by atoms with Gasteiger partial charge in [0.05, 0.1) is 0 Å². The van der Waals surface area contributed by atoms with Gasteiger partial charge >= 0.3 is 0 Å². The summed E-state index contributed by atoms with van der Waals surface area (Å²) in [6, 6.07) is 0. The maximum absolute atomic E-state index is 8.73. The van der Waals surface area contributed by atoms with Crippen molar-refractivity contribution >= 4 is 15.9 Å². The van der Waals surface area contributed by atoms with Gasteiger partial charge in [-0.2, -0.15) is 0 Å². The highest BCUT2D eigenvalue weighted by Gasteiger charge is 2.15. The number of unbranched alkanes of at least 4 members (excludes halogenated alkanes) is 2. The maximum Gasteiger partial charge on any atom is 0.0431 e. The molecule has 0 amide bonds. The SMILES string of the molecule is CC(C)(CCCO)CCCCCBr. The zero-order valence-electron chi connectivity index (χ0n) is 8.98. The van der Waals surface area contributed by atoms with Crippen LogP contribution in [0.15, 0.2) is 0 Å². The average Bonchev–Trinajstić information content (AvgIpc) is 2.09. The van der Waals surface area contributed by atoms with Crippen LogP contribution in [0, 0.1) is 5.41 Å². The lowest BCUT2D eigenvalue weighted by Gasteiger charge is -2.24. The molecular weight excluding hydrogens is 228 g/mol. The fourth-order valence-corrected chi connectivity index (χ4v) is 1.95. The molecule has 80 valence electrons. The average molecular weight is 251 g/mol. The molecule has 1 N–H and O–H groups in total. The van der Waals surface area contributed by atoms with Gasteiger partial charge in [-0.05, 0) is 31.1 Å². The van der Waals surface area contributed by atoms with E-state index < -0.39 is 0 Å². The molecule has 0 aliphatic carbocycles. The molecule has 0 aromatic rings. The largest absolute Gasteiger partial charge is 0.396 e. The van der Waals surface area contributed by atoms with Gasteiger partial charge in [0, 0.05) is 11.9 Å². The van der Waals surface area contributed by atoms with E-state index in [1.54, 1.807) is 0 Å². The van der Waals surface area contributed by atoms with Gasteiger partial charge in [0.2, 0.25) is 0 Å². The highest BCUT2D eigenvalue weighted by Crippen LogP contribution is 2.28. The highest BCUT2D eigenvalue weighted by atomic mass is 79.9. The first-order valence-electron chi connectivity index (χ1n) is 5.29. The van der Waals surface area contributed by atoms with Crippen molar-refractivity contribution in [3.05, 3.63) is 0 Å². The number of rotatable bonds is 8. The second-order valence-corrected chi connectivity index (χ2v) is 5.28. The Morgan fingerprint density at radius 2 is 1.62 bits per heavy atom. The van der Waals surface area contributed by atoms with Gasteiger partial charge in [-0.25, -0.2) is 0 Å². The Morgan fingerprint density at radius 3 is 2.15 bits per heavy atom. The molecule has 0 atom stereocenters. The van der Waals surface area contributed by atoms with Gasteiger partial charge in [-0.15, -0.1) is 0 Å². The summed E-state index contributed by atoms with van der Waals surface area (Å²) in [7, 11) is 0. The van der Waals surface area contributed by atoms with Crippen LogP contribution in [0.2, 0.25) is 0 Å². The van der Waals surface area contributed by atoms with Crippen molar-refractivity contribution in [3.63, 3.8) is 0 Å². The standard InChI is InChI=1S/C11H23BrO/c1-11(2,8-6-10-13)7-4-3-5-9-12/h13H,3-10H2,1-2H3. The quantitative estimate of drug-likeness (QED) is 0.514. The molecule has 2 heteroatoms. The Balaban J connectivity index is 3.39. The molecule has 13 heavy (non-hydrogen) atoms. The van der Waals surface area contributed by atoms with E-state index in [-0.39, 0.29) is 0 Å². The van der Waals surface area contributed by atoms with Gasteiger partial charge in [-0.3, -0.25) is 0 Å². The smallest absolute Gasteiger partial charge is 0.0431 e. The molecule has 0 heterocycles. The maximum atomic E-state index is 8.73. The molecule has 1 nitrogen and oxygen atoms in total. The molecule has 0 bridgehead atoms. The Labute approximate surface area is 91.1 Å². The normalized spacial score (nSPS) is 12.0. The van der Waals surface area contributed by atoms with E-state index in [0.29, 0.717) is 12.0 Å². The molecule has 0 saturated carbocycles. The molecule has 0 saturated heterocycles. The Bertz CT molecular complexity index is 113. The summed E-state index contributed by atoms with van der Waals surface area (Å²) >= 11 is 3.44. The minimum atomic E-state index is 0.338. The van der Waals surface area contributed by atoms with E-state index in [2.05, 4.69) is 29.8 Å². The van der Waals surface area contributed by atoms with Crippen molar-refractivity contribution < 1.29 is 5.11 Å². The van der Waals surface area contributed by atoms with Crippen LogP contribution in [-0.4, -0.2) is 17.0 Å². The highest BCUT2D eigenvalue weighted by molar-refractivity contribution is 9.09. The lowest BCUT2D eigenvalue weighted by atomic mass is 9.83. The third kappa shape index (κ3) is 8.76. The Morgan fingerprint density at radius 1 is 1.00 bits per heavy atom. The zero-order valence-corrected chi connectivity index (χ0v) is 10.6. The van der Waals surface area contributed by atoms with Crippen LogP contribution in [0.25, 0.3) is 0 Å². The summed E-state index contributed by atoms with van der Waals surface area (Å²) in [6.45, 7) is 4.94. The predicted octanol–water partition coefficient (Wildman–Crippen LogP) is 3.74. The molecule has 0 fully saturated rings. The van der Waals surface area contributed by atoms with Crippen molar-refractivity contribution in [2.45, 2.75) is 52.4 Å². The van der Waals surface area contributed by atoms with Crippen molar-refractivity contribution in [3.8, 4) is 0 Å². The van der Waals surface area contributed by atoms with Crippen molar-refractivity contribution in [1.82, 2.24) is 0 Å². The van der Waals surface area contributed by atoms with E-state index in [1.807, 2.05) is 0 Å². The van der Waals surface area contributed by atoms with Gasteiger partial charge in [0.15, 0.2) is 0 Å². The van der Waals surface area contributed by atoms with E-state index in [0.717, 1.165) is 18.2 Å². The van der Waals surface area contributed by atoms with Crippen LogP contribution in [0.3, 0.4) is 0 Å². The first-order valence-corrected chi connectivity index (χ1v) is 6.41. The van der Waals surface area contributed by atoms with Crippen LogP contribution in [0.5, 0.6) is 0 Å². The second-order valence-electron chi connectivity index (χ2n) is 4.49. The van der Waals surface area contributed by atoms with E-state index in [4.69, 9.17) is 5.11 Å². The van der Waals surface area contributed by atoms with Gasteiger partial charge in [0.1, 0.15) is 0 Å². The molecule has 0 aromatic heterocycles. The lowest BCUT2D eigenvalue weighted by Crippen LogP contribution is -2.11. The first-order chi connectivity index (χ1) is 6.12. The topological polar surface area (TPSA) is 20.2 Å². The minimum Gasteiger partial charge on any atom is -0.396 e. The molecular formula is C11H23BrO. The number of hydrogen-bond acceptors (Lipinski definition) is 1. The number of alkyl halides is 1. The van der Waals surface area contributed by atoms with E-state index >= 15 is 0 Å². The Hall–Kier alpha value is 0.440. The molecule has 0 aliphatic rings. The number of halogens is 1. The van der Waals surface area contributed by atoms with Crippen molar-refractivity contribution in [2.24, 2.45) is 5.41 Å². The third-order valence-corrected chi connectivity index (χ3v) is 3.06. The first kappa shape index (κ1) is 13.4. The second kappa shape index (κ2) is 7.81. The van der Waals surface area contributed by atoms with Gasteiger partial charge in [0.25, 0.3) is 0 Å². The van der Waals surface area contributed by atoms with Gasteiger partial charge in [-0.1, -0.05) is 42.6 Å². The summed E-state index contributed by atoms with van der Waals surface area (Å²) < 4.78 is 0. The molecule has 0 unspecified atom stereocenters. The summed E-state index contributed by atoms with van der Waals surface area (Å²) in [5.74, 6) is 0. The lowest BCUT2D eigenvalue weighted by molar-refractivity contribution is 0.228. The monoisotopic (exact) mass is 250 g/mol. The molecule has 0 aliphatic heterocycles. The minimum absolute atomic E-state index is 0.338. The van der Waals surface area contributed by atoms with Crippen LogP contribution >= 0.6 is 15.9 Å². The number of hydrogen-bond donors (Lipinski definition) is 1. The van der Waals surface area contributed by atoms with Crippen LogP contribution in [0.4, 0.5) is 0 Å². The number of aliphatic hydroxyl groups is 1. The summed E-state index contributed by atoms with van der Waals surface area (Å²) in [5, 5.41) is 9.86. The van der Waals surface area contributed by atoms with Crippen molar-refractivity contribution in [1.29, 1.82) is 0 Å². The summed E-state index contributed by atoms with van der Waals surface area (Å²) in [6.07, 6.45) is 7.33. The van der Waals surface area contributed by atoms with Crippen LogP contribution in [-0.2, 0) is 0 Å². The fourth-order valence-electron chi connectivity index (χ4n) is 1.56. The molecule has 0 aromatic carbocycles. The van der Waals surface area contributed by atoms with E-state index in [9.17, 15) is 0 Å². The van der Waals surface area contributed by atoms with Crippen LogP contribution < -0.4 is 0 Å². The zero-order chi connectivity index (χ0) is 10.2. The molecule has 0 radical (unpaired) electrons.